The molecule has 6 nitrogen and oxygen atoms in total. The first kappa shape index (κ1) is 13.0. The summed E-state index contributed by atoms with van der Waals surface area (Å²) >= 11 is 0. The molecule has 3 heterocycles. The first-order valence-corrected chi connectivity index (χ1v) is 6.69. The van der Waals surface area contributed by atoms with E-state index in [9.17, 15) is 4.39 Å². The smallest absolute Gasteiger partial charge is 0.186 e. The standard InChI is InChI=1S/C13H17FN6/c1-7-11(14)13(17-8(2)15-7)20-5-4-10(6-20)12-16-9(3)18-19-12/h10H,4-6H2,1-3H3,(H,16,18,19). The molecule has 1 N–H and O–H groups in total. The van der Waals surface area contributed by atoms with Crippen LogP contribution in [0.25, 0.3) is 0 Å². The van der Waals surface area contributed by atoms with E-state index in [0.29, 0.717) is 23.9 Å². The summed E-state index contributed by atoms with van der Waals surface area (Å²) in [5.41, 5.74) is 0.393. The Hall–Kier alpha value is -2.05. The molecule has 0 aromatic carbocycles. The van der Waals surface area contributed by atoms with Gasteiger partial charge in [-0.2, -0.15) is 5.10 Å². The molecule has 0 amide bonds. The van der Waals surface area contributed by atoms with Gasteiger partial charge in [-0.05, 0) is 27.2 Å². The average Bonchev–Trinajstić information content (AvgIpc) is 3.02. The van der Waals surface area contributed by atoms with Crippen molar-refractivity contribution in [1.82, 2.24) is 25.1 Å². The Kier molecular flexibility index (Phi) is 3.11. The number of H-pyrrole nitrogens is 1. The van der Waals surface area contributed by atoms with Crippen LogP contribution in [0.5, 0.6) is 0 Å². The van der Waals surface area contributed by atoms with E-state index in [0.717, 1.165) is 24.6 Å². The second kappa shape index (κ2) is 4.81. The molecule has 2 aromatic rings. The van der Waals surface area contributed by atoms with Crippen molar-refractivity contribution in [2.75, 3.05) is 18.0 Å². The van der Waals surface area contributed by atoms with Crippen molar-refractivity contribution in [1.29, 1.82) is 0 Å². The minimum absolute atomic E-state index is 0.218. The summed E-state index contributed by atoms with van der Waals surface area (Å²) in [5.74, 6) is 2.48. The molecule has 2 aromatic heterocycles. The Bertz CT molecular complexity index is 638. The van der Waals surface area contributed by atoms with E-state index in [1.165, 1.54) is 0 Å². The summed E-state index contributed by atoms with van der Waals surface area (Å²) in [7, 11) is 0. The molecule has 1 aliphatic heterocycles. The number of aryl methyl sites for hydroxylation is 3. The lowest BCUT2D eigenvalue weighted by molar-refractivity contribution is 0.592. The SMILES string of the molecule is Cc1nc(C)c(F)c(N2CCC(c3n[nH]c(C)n3)C2)n1. The van der Waals surface area contributed by atoms with Crippen LogP contribution in [0.3, 0.4) is 0 Å². The first-order valence-electron chi connectivity index (χ1n) is 6.69. The fourth-order valence-electron chi connectivity index (χ4n) is 2.60. The topological polar surface area (TPSA) is 70.6 Å². The van der Waals surface area contributed by atoms with Crippen LogP contribution < -0.4 is 4.90 Å². The van der Waals surface area contributed by atoms with E-state index < -0.39 is 0 Å². The van der Waals surface area contributed by atoms with Crippen LogP contribution in [0.2, 0.25) is 0 Å². The predicted octanol–water partition coefficient (Wildman–Crippen LogP) is 1.65. The molecule has 1 aliphatic rings. The Morgan fingerprint density at radius 2 is 2.00 bits per heavy atom. The molecule has 0 spiro atoms. The molecule has 0 radical (unpaired) electrons. The molecular formula is C13H17FN6. The van der Waals surface area contributed by atoms with E-state index in [2.05, 4.69) is 25.1 Å². The second-order valence-corrected chi connectivity index (χ2v) is 5.20. The van der Waals surface area contributed by atoms with Crippen molar-refractivity contribution in [3.8, 4) is 0 Å². The molecule has 0 aliphatic carbocycles. The van der Waals surface area contributed by atoms with E-state index in [1.54, 1.807) is 13.8 Å². The van der Waals surface area contributed by atoms with Crippen molar-refractivity contribution in [3.63, 3.8) is 0 Å². The normalized spacial score (nSPS) is 18.8. The highest BCUT2D eigenvalue weighted by Crippen LogP contribution is 2.29. The lowest BCUT2D eigenvalue weighted by atomic mass is 10.1. The number of hydrogen-bond donors (Lipinski definition) is 1. The van der Waals surface area contributed by atoms with Gasteiger partial charge >= 0.3 is 0 Å². The molecule has 3 rings (SSSR count). The highest BCUT2D eigenvalue weighted by molar-refractivity contribution is 5.43. The van der Waals surface area contributed by atoms with Crippen LogP contribution in [-0.4, -0.2) is 38.2 Å². The number of nitrogens with one attached hydrogen (secondary N) is 1. The van der Waals surface area contributed by atoms with Crippen LogP contribution in [0.4, 0.5) is 10.2 Å². The van der Waals surface area contributed by atoms with E-state index in [1.807, 2.05) is 11.8 Å². The molecule has 1 saturated heterocycles. The Morgan fingerprint density at radius 1 is 1.20 bits per heavy atom. The van der Waals surface area contributed by atoms with Crippen molar-refractivity contribution in [3.05, 3.63) is 29.0 Å². The van der Waals surface area contributed by atoms with Gasteiger partial charge in [0.1, 0.15) is 11.6 Å². The Labute approximate surface area is 116 Å². The maximum absolute atomic E-state index is 14.2. The predicted molar refractivity (Wildman–Crippen MR) is 72.2 cm³/mol. The van der Waals surface area contributed by atoms with Crippen molar-refractivity contribution >= 4 is 5.82 Å². The van der Waals surface area contributed by atoms with Crippen LogP contribution in [0.15, 0.2) is 0 Å². The molecule has 0 saturated carbocycles. The van der Waals surface area contributed by atoms with Gasteiger partial charge in [-0.1, -0.05) is 0 Å². The number of rotatable bonds is 2. The van der Waals surface area contributed by atoms with Crippen LogP contribution in [0.1, 0.15) is 35.5 Å². The largest absolute Gasteiger partial charge is 0.353 e. The average molecular weight is 276 g/mol. The number of anilines is 1. The summed E-state index contributed by atoms with van der Waals surface area (Å²) in [6.45, 7) is 6.76. The third kappa shape index (κ3) is 2.23. The lowest BCUT2D eigenvalue weighted by Crippen LogP contribution is -2.23. The summed E-state index contributed by atoms with van der Waals surface area (Å²) in [5, 5.41) is 7.04. The minimum atomic E-state index is -0.331. The molecule has 106 valence electrons. The Balaban J connectivity index is 1.84. The molecule has 1 fully saturated rings. The van der Waals surface area contributed by atoms with Crippen LogP contribution in [-0.2, 0) is 0 Å². The van der Waals surface area contributed by atoms with Gasteiger partial charge in [-0.3, -0.25) is 5.10 Å². The molecule has 1 atom stereocenters. The van der Waals surface area contributed by atoms with Crippen molar-refractivity contribution in [2.24, 2.45) is 0 Å². The third-order valence-corrected chi connectivity index (χ3v) is 3.58. The summed E-state index contributed by atoms with van der Waals surface area (Å²) in [6, 6.07) is 0. The summed E-state index contributed by atoms with van der Waals surface area (Å²) in [6.07, 6.45) is 0.902. The zero-order valence-corrected chi connectivity index (χ0v) is 11.8. The second-order valence-electron chi connectivity index (χ2n) is 5.20. The maximum atomic E-state index is 14.2. The molecule has 7 heteroatoms. The van der Waals surface area contributed by atoms with Gasteiger partial charge in [-0.25, -0.2) is 19.3 Å². The van der Waals surface area contributed by atoms with Crippen molar-refractivity contribution < 1.29 is 4.39 Å². The van der Waals surface area contributed by atoms with E-state index >= 15 is 0 Å². The fourth-order valence-corrected chi connectivity index (χ4v) is 2.60. The van der Waals surface area contributed by atoms with Crippen molar-refractivity contribution in [2.45, 2.75) is 33.1 Å². The zero-order chi connectivity index (χ0) is 14.3. The summed E-state index contributed by atoms with van der Waals surface area (Å²) < 4.78 is 14.2. The third-order valence-electron chi connectivity index (χ3n) is 3.58. The van der Waals surface area contributed by atoms with Gasteiger partial charge in [0.15, 0.2) is 17.5 Å². The number of aromatic nitrogens is 5. The highest BCUT2D eigenvalue weighted by Gasteiger charge is 2.29. The maximum Gasteiger partial charge on any atom is 0.186 e. The monoisotopic (exact) mass is 276 g/mol. The number of hydrogen-bond acceptors (Lipinski definition) is 5. The minimum Gasteiger partial charge on any atom is -0.353 e. The highest BCUT2D eigenvalue weighted by atomic mass is 19.1. The van der Waals surface area contributed by atoms with E-state index in [-0.39, 0.29) is 11.7 Å². The van der Waals surface area contributed by atoms with Gasteiger partial charge in [-0.15, -0.1) is 0 Å². The first-order chi connectivity index (χ1) is 9.54. The number of nitrogens with zero attached hydrogens (tertiary/aromatic N) is 5. The van der Waals surface area contributed by atoms with Gasteiger partial charge in [0.2, 0.25) is 0 Å². The van der Waals surface area contributed by atoms with Gasteiger partial charge < -0.3 is 4.90 Å². The van der Waals surface area contributed by atoms with E-state index in [4.69, 9.17) is 0 Å². The zero-order valence-electron chi connectivity index (χ0n) is 11.8. The van der Waals surface area contributed by atoms with Gasteiger partial charge in [0.05, 0.1) is 5.69 Å². The summed E-state index contributed by atoms with van der Waals surface area (Å²) in [4.78, 5) is 14.6. The Morgan fingerprint density at radius 3 is 2.70 bits per heavy atom. The van der Waals surface area contributed by atoms with Gasteiger partial charge in [0, 0.05) is 19.0 Å². The fraction of sp³-hybridized carbons (Fsp3) is 0.538. The number of halogens is 1. The van der Waals surface area contributed by atoms with Gasteiger partial charge in [0.25, 0.3) is 0 Å². The quantitative estimate of drug-likeness (QED) is 0.903. The number of aromatic amines is 1. The molecule has 1 unspecified atom stereocenters. The van der Waals surface area contributed by atoms with Crippen LogP contribution >= 0.6 is 0 Å². The van der Waals surface area contributed by atoms with Crippen LogP contribution in [0, 0.1) is 26.6 Å². The molecule has 0 bridgehead atoms. The molecule has 20 heavy (non-hydrogen) atoms. The lowest BCUT2D eigenvalue weighted by Gasteiger charge is -2.18. The molecular weight excluding hydrogens is 259 g/mol.